The van der Waals surface area contributed by atoms with Crippen molar-refractivity contribution in [2.75, 3.05) is 13.6 Å². The number of hydrogen-bond acceptors (Lipinski definition) is 3. The third kappa shape index (κ3) is 2.60. The van der Waals surface area contributed by atoms with Gasteiger partial charge >= 0.3 is 0 Å². The highest BCUT2D eigenvalue weighted by Gasteiger charge is 2.28. The van der Waals surface area contributed by atoms with Crippen LogP contribution in [0.1, 0.15) is 12.5 Å². The Morgan fingerprint density at radius 1 is 1.40 bits per heavy atom. The SMILES string of the molecule is CNCC(C)(F)c1cc(O)c(O)cc1Br. The van der Waals surface area contributed by atoms with Crippen LogP contribution < -0.4 is 5.32 Å². The van der Waals surface area contributed by atoms with Crippen molar-refractivity contribution in [3.63, 3.8) is 0 Å². The van der Waals surface area contributed by atoms with Crippen LogP contribution in [0.4, 0.5) is 4.39 Å². The van der Waals surface area contributed by atoms with Crippen molar-refractivity contribution in [3.8, 4) is 11.5 Å². The lowest BCUT2D eigenvalue weighted by molar-refractivity contribution is 0.189. The van der Waals surface area contributed by atoms with Gasteiger partial charge in [0.25, 0.3) is 0 Å². The lowest BCUT2D eigenvalue weighted by Gasteiger charge is -2.22. The van der Waals surface area contributed by atoms with E-state index in [0.29, 0.717) is 10.0 Å². The zero-order chi connectivity index (χ0) is 11.6. The molecule has 0 saturated heterocycles. The van der Waals surface area contributed by atoms with Crippen molar-refractivity contribution in [1.29, 1.82) is 0 Å². The fraction of sp³-hybridized carbons (Fsp3) is 0.400. The van der Waals surface area contributed by atoms with Gasteiger partial charge < -0.3 is 15.5 Å². The van der Waals surface area contributed by atoms with E-state index in [4.69, 9.17) is 0 Å². The van der Waals surface area contributed by atoms with Gasteiger partial charge in [-0.05, 0) is 26.1 Å². The second-order valence-electron chi connectivity index (χ2n) is 3.55. The third-order valence-corrected chi connectivity index (χ3v) is 2.79. The molecule has 0 heterocycles. The van der Waals surface area contributed by atoms with Crippen LogP contribution in [0.25, 0.3) is 0 Å². The first kappa shape index (κ1) is 12.3. The molecule has 0 amide bonds. The van der Waals surface area contributed by atoms with Gasteiger partial charge in [-0.15, -0.1) is 0 Å². The molecule has 1 aromatic carbocycles. The van der Waals surface area contributed by atoms with Gasteiger partial charge in [0, 0.05) is 16.6 Å². The van der Waals surface area contributed by atoms with Gasteiger partial charge in [0.2, 0.25) is 0 Å². The number of likely N-dealkylation sites (N-methyl/N-ethyl adjacent to an activating group) is 1. The van der Waals surface area contributed by atoms with E-state index in [1.165, 1.54) is 19.1 Å². The minimum absolute atomic E-state index is 0.121. The monoisotopic (exact) mass is 277 g/mol. The van der Waals surface area contributed by atoms with Gasteiger partial charge in [-0.3, -0.25) is 0 Å². The zero-order valence-electron chi connectivity index (χ0n) is 8.51. The number of aromatic hydroxyl groups is 2. The van der Waals surface area contributed by atoms with Gasteiger partial charge in [0.05, 0.1) is 0 Å². The molecule has 0 spiro atoms. The summed E-state index contributed by atoms with van der Waals surface area (Å²) in [7, 11) is 1.64. The first-order valence-corrected chi connectivity index (χ1v) is 5.23. The summed E-state index contributed by atoms with van der Waals surface area (Å²) in [5, 5.41) is 21.2. The Labute approximate surface area is 96.1 Å². The maximum Gasteiger partial charge on any atom is 0.158 e. The van der Waals surface area contributed by atoms with E-state index < -0.39 is 5.67 Å². The average molecular weight is 278 g/mol. The lowest BCUT2D eigenvalue weighted by Crippen LogP contribution is -2.29. The standard InChI is InChI=1S/C10H13BrFNO2/c1-10(12,5-13-2)6-3-8(14)9(15)4-7(6)11/h3-4,13-15H,5H2,1-2H3. The highest BCUT2D eigenvalue weighted by atomic mass is 79.9. The second kappa shape index (κ2) is 4.37. The Kier molecular flexibility index (Phi) is 3.57. The molecule has 0 aliphatic rings. The summed E-state index contributed by atoms with van der Waals surface area (Å²) in [5.74, 6) is -0.598. The molecule has 3 N–H and O–H groups in total. The Bertz CT molecular complexity index is 369. The average Bonchev–Trinajstić information content (AvgIpc) is 2.11. The maximum atomic E-state index is 14.1. The Hall–Kier alpha value is -0.810. The van der Waals surface area contributed by atoms with Gasteiger partial charge in [0.15, 0.2) is 11.5 Å². The molecule has 0 aromatic heterocycles. The summed E-state index contributed by atoms with van der Waals surface area (Å²) in [6.45, 7) is 1.52. The smallest absolute Gasteiger partial charge is 0.158 e. The fourth-order valence-corrected chi connectivity index (χ4v) is 2.12. The molecule has 3 nitrogen and oxygen atoms in total. The van der Waals surface area contributed by atoms with Crippen molar-refractivity contribution in [1.82, 2.24) is 5.32 Å². The van der Waals surface area contributed by atoms with Gasteiger partial charge in [-0.1, -0.05) is 15.9 Å². The molecule has 1 rings (SSSR count). The molecule has 0 aliphatic carbocycles. The van der Waals surface area contributed by atoms with Crippen LogP contribution in [0.15, 0.2) is 16.6 Å². The van der Waals surface area contributed by atoms with Crippen LogP contribution in [-0.2, 0) is 5.67 Å². The topological polar surface area (TPSA) is 52.5 Å². The zero-order valence-corrected chi connectivity index (χ0v) is 10.1. The summed E-state index contributed by atoms with van der Waals surface area (Å²) in [6.07, 6.45) is 0. The number of hydrogen-bond donors (Lipinski definition) is 3. The molecular weight excluding hydrogens is 265 g/mol. The number of halogens is 2. The normalized spacial score (nSPS) is 14.9. The summed E-state index contributed by atoms with van der Waals surface area (Å²) < 4.78 is 14.5. The van der Waals surface area contributed by atoms with Gasteiger partial charge in [-0.2, -0.15) is 0 Å². The minimum atomic E-state index is -1.61. The highest BCUT2D eigenvalue weighted by Crippen LogP contribution is 2.38. The van der Waals surface area contributed by atoms with Crippen molar-refractivity contribution >= 4 is 15.9 Å². The van der Waals surface area contributed by atoms with E-state index in [1.807, 2.05) is 0 Å². The van der Waals surface area contributed by atoms with E-state index in [2.05, 4.69) is 21.2 Å². The summed E-state index contributed by atoms with van der Waals surface area (Å²) in [5.41, 5.74) is -1.31. The van der Waals surface area contributed by atoms with Crippen LogP contribution in [0.5, 0.6) is 11.5 Å². The van der Waals surface area contributed by atoms with E-state index in [1.54, 1.807) is 7.05 Å². The van der Waals surface area contributed by atoms with Crippen LogP contribution >= 0.6 is 15.9 Å². The molecule has 0 bridgehead atoms. The number of nitrogens with one attached hydrogen (secondary N) is 1. The van der Waals surface area contributed by atoms with Crippen molar-refractivity contribution in [2.24, 2.45) is 0 Å². The fourth-order valence-electron chi connectivity index (χ4n) is 1.38. The molecule has 84 valence electrons. The van der Waals surface area contributed by atoms with E-state index >= 15 is 0 Å². The minimum Gasteiger partial charge on any atom is -0.504 e. The molecular formula is C10H13BrFNO2. The largest absolute Gasteiger partial charge is 0.504 e. The van der Waals surface area contributed by atoms with Crippen LogP contribution in [0, 0.1) is 0 Å². The predicted octanol–water partition coefficient (Wildman–Crippen LogP) is 2.26. The molecule has 1 atom stereocenters. The maximum absolute atomic E-state index is 14.1. The third-order valence-electron chi connectivity index (χ3n) is 2.13. The van der Waals surface area contributed by atoms with E-state index in [9.17, 15) is 14.6 Å². The van der Waals surface area contributed by atoms with Crippen LogP contribution in [0.2, 0.25) is 0 Å². The highest BCUT2D eigenvalue weighted by molar-refractivity contribution is 9.10. The van der Waals surface area contributed by atoms with Crippen LogP contribution in [0.3, 0.4) is 0 Å². The first-order chi connectivity index (χ1) is 6.88. The molecule has 0 fully saturated rings. The quantitative estimate of drug-likeness (QED) is 0.743. The summed E-state index contributed by atoms with van der Waals surface area (Å²) >= 11 is 3.15. The molecule has 0 saturated carbocycles. The second-order valence-corrected chi connectivity index (χ2v) is 4.40. The Balaban J connectivity index is 3.19. The number of phenols is 2. The molecule has 5 heteroatoms. The number of phenolic OH excluding ortho intramolecular Hbond substituents is 2. The lowest BCUT2D eigenvalue weighted by atomic mass is 9.97. The molecule has 0 aliphatic heterocycles. The molecule has 1 aromatic rings. The molecule has 0 radical (unpaired) electrons. The Morgan fingerprint density at radius 3 is 2.47 bits per heavy atom. The van der Waals surface area contributed by atoms with Crippen molar-refractivity contribution < 1.29 is 14.6 Å². The number of rotatable bonds is 3. The van der Waals surface area contributed by atoms with Crippen molar-refractivity contribution in [3.05, 3.63) is 22.2 Å². The predicted molar refractivity (Wildman–Crippen MR) is 59.9 cm³/mol. The van der Waals surface area contributed by atoms with Gasteiger partial charge in [0.1, 0.15) is 5.67 Å². The number of benzene rings is 1. The number of alkyl halides is 1. The van der Waals surface area contributed by atoms with Gasteiger partial charge in [-0.25, -0.2) is 4.39 Å². The van der Waals surface area contributed by atoms with Crippen LogP contribution in [-0.4, -0.2) is 23.8 Å². The van der Waals surface area contributed by atoms with E-state index in [0.717, 1.165) is 0 Å². The summed E-state index contributed by atoms with van der Waals surface area (Å²) in [6, 6.07) is 2.49. The Morgan fingerprint density at radius 2 is 1.93 bits per heavy atom. The van der Waals surface area contributed by atoms with E-state index in [-0.39, 0.29) is 18.0 Å². The first-order valence-electron chi connectivity index (χ1n) is 4.44. The molecule has 1 unspecified atom stereocenters. The summed E-state index contributed by atoms with van der Waals surface area (Å²) in [4.78, 5) is 0. The van der Waals surface area contributed by atoms with Crippen molar-refractivity contribution in [2.45, 2.75) is 12.6 Å². The molecule has 15 heavy (non-hydrogen) atoms.